The summed E-state index contributed by atoms with van der Waals surface area (Å²) < 4.78 is 26.7. The van der Waals surface area contributed by atoms with E-state index >= 15 is 0 Å². The molecule has 0 spiro atoms. The van der Waals surface area contributed by atoms with E-state index in [2.05, 4.69) is 4.98 Å². The van der Waals surface area contributed by atoms with Crippen LogP contribution in [-0.4, -0.2) is 28.5 Å². The predicted octanol–water partition coefficient (Wildman–Crippen LogP) is 2.79. The molecule has 0 saturated heterocycles. The summed E-state index contributed by atoms with van der Waals surface area (Å²) in [5.41, 5.74) is 1.60. The minimum atomic E-state index is -3.78. The molecule has 0 atom stereocenters. The molecule has 6 nitrogen and oxygen atoms in total. The highest BCUT2D eigenvalue weighted by Gasteiger charge is 2.21. The first kappa shape index (κ1) is 15.9. The Morgan fingerprint density at radius 2 is 1.67 bits per heavy atom. The van der Waals surface area contributed by atoms with E-state index in [1.54, 1.807) is 24.3 Å². The molecule has 24 heavy (non-hydrogen) atoms. The van der Waals surface area contributed by atoms with Crippen LogP contribution >= 0.6 is 0 Å². The largest absolute Gasteiger partial charge is 0.478 e. The van der Waals surface area contributed by atoms with Crippen molar-refractivity contribution in [3.8, 4) is 11.4 Å². The zero-order valence-electron chi connectivity index (χ0n) is 12.7. The highest BCUT2D eigenvalue weighted by Crippen LogP contribution is 2.23. The van der Waals surface area contributed by atoms with E-state index in [-0.39, 0.29) is 16.3 Å². The van der Waals surface area contributed by atoms with Gasteiger partial charge >= 0.3 is 5.97 Å². The SMILES string of the molecule is Cc1ccc(S(=O)(=O)n2ccnc2-c2ccc(C(=O)O)cc2)cc1. The highest BCUT2D eigenvalue weighted by atomic mass is 32.2. The fourth-order valence-electron chi connectivity index (χ4n) is 2.27. The van der Waals surface area contributed by atoms with Gasteiger partial charge in [0.1, 0.15) is 0 Å². The Labute approximate surface area is 139 Å². The summed E-state index contributed by atoms with van der Waals surface area (Å²) in [5, 5.41) is 8.94. The lowest BCUT2D eigenvalue weighted by molar-refractivity contribution is 0.0697. The molecule has 0 amide bonds. The molecular weight excluding hydrogens is 328 g/mol. The Morgan fingerprint density at radius 3 is 2.25 bits per heavy atom. The van der Waals surface area contributed by atoms with Crippen LogP contribution in [0.15, 0.2) is 65.8 Å². The molecule has 0 aliphatic carbocycles. The molecule has 1 aromatic heterocycles. The maximum absolute atomic E-state index is 12.8. The average Bonchev–Trinajstić information content (AvgIpc) is 3.06. The van der Waals surface area contributed by atoms with Crippen LogP contribution in [0.1, 0.15) is 15.9 Å². The summed E-state index contributed by atoms with van der Waals surface area (Å²) in [7, 11) is -3.78. The van der Waals surface area contributed by atoms with Crippen LogP contribution in [-0.2, 0) is 10.0 Å². The number of aromatic carboxylic acids is 1. The van der Waals surface area contributed by atoms with E-state index in [9.17, 15) is 13.2 Å². The Balaban J connectivity index is 2.07. The molecule has 0 aliphatic heterocycles. The highest BCUT2D eigenvalue weighted by molar-refractivity contribution is 7.90. The van der Waals surface area contributed by atoms with Crippen molar-refractivity contribution in [2.45, 2.75) is 11.8 Å². The van der Waals surface area contributed by atoms with Crippen LogP contribution in [0, 0.1) is 6.92 Å². The van der Waals surface area contributed by atoms with E-state index in [0.717, 1.165) is 9.54 Å². The topological polar surface area (TPSA) is 89.3 Å². The van der Waals surface area contributed by atoms with E-state index in [0.29, 0.717) is 5.56 Å². The number of hydrogen-bond acceptors (Lipinski definition) is 4. The third-order valence-electron chi connectivity index (χ3n) is 3.58. The summed E-state index contributed by atoms with van der Waals surface area (Å²) >= 11 is 0. The fraction of sp³-hybridized carbons (Fsp3) is 0.0588. The van der Waals surface area contributed by atoms with Crippen molar-refractivity contribution in [3.63, 3.8) is 0 Å². The van der Waals surface area contributed by atoms with Crippen molar-refractivity contribution in [2.75, 3.05) is 0 Å². The van der Waals surface area contributed by atoms with Crippen molar-refractivity contribution in [1.29, 1.82) is 0 Å². The van der Waals surface area contributed by atoms with Gasteiger partial charge < -0.3 is 5.11 Å². The molecule has 1 N–H and O–H groups in total. The zero-order chi connectivity index (χ0) is 17.3. The Kier molecular flexibility index (Phi) is 3.94. The number of carbonyl (C=O) groups is 1. The average molecular weight is 342 g/mol. The van der Waals surface area contributed by atoms with Gasteiger partial charge in [-0.1, -0.05) is 29.8 Å². The van der Waals surface area contributed by atoms with Gasteiger partial charge in [0.2, 0.25) is 0 Å². The first-order valence-corrected chi connectivity index (χ1v) is 8.53. The first-order chi connectivity index (χ1) is 11.4. The molecule has 3 aromatic rings. The third-order valence-corrected chi connectivity index (χ3v) is 5.26. The molecule has 1 heterocycles. The molecule has 0 fully saturated rings. The summed E-state index contributed by atoms with van der Waals surface area (Å²) in [6.45, 7) is 1.88. The van der Waals surface area contributed by atoms with Crippen molar-refractivity contribution in [2.24, 2.45) is 0 Å². The summed E-state index contributed by atoms with van der Waals surface area (Å²) in [6.07, 6.45) is 2.77. The van der Waals surface area contributed by atoms with Crippen molar-refractivity contribution in [1.82, 2.24) is 8.96 Å². The van der Waals surface area contributed by atoms with Crippen LogP contribution < -0.4 is 0 Å². The lowest BCUT2D eigenvalue weighted by atomic mass is 10.1. The number of benzene rings is 2. The second-order valence-electron chi connectivity index (χ2n) is 5.25. The summed E-state index contributed by atoms with van der Waals surface area (Å²) in [4.78, 5) is 15.2. The fourth-order valence-corrected chi connectivity index (χ4v) is 3.58. The van der Waals surface area contributed by atoms with Gasteiger partial charge in [0.25, 0.3) is 10.0 Å². The monoisotopic (exact) mass is 342 g/mol. The van der Waals surface area contributed by atoms with Gasteiger partial charge in [-0.3, -0.25) is 0 Å². The first-order valence-electron chi connectivity index (χ1n) is 7.09. The van der Waals surface area contributed by atoms with Crippen molar-refractivity contribution in [3.05, 3.63) is 72.1 Å². The van der Waals surface area contributed by atoms with Gasteiger partial charge in [-0.2, -0.15) is 0 Å². The van der Waals surface area contributed by atoms with Gasteiger partial charge in [0.15, 0.2) is 5.82 Å². The molecule has 0 radical (unpaired) electrons. The molecule has 0 aliphatic rings. The normalized spacial score (nSPS) is 11.4. The molecule has 0 bridgehead atoms. The summed E-state index contributed by atoms with van der Waals surface area (Å²) in [6, 6.07) is 12.4. The van der Waals surface area contributed by atoms with E-state index in [1.807, 2.05) is 6.92 Å². The number of rotatable bonds is 4. The minimum absolute atomic E-state index is 0.123. The van der Waals surface area contributed by atoms with Gasteiger partial charge in [-0.05, 0) is 31.2 Å². The van der Waals surface area contributed by atoms with Crippen LogP contribution in [0.25, 0.3) is 11.4 Å². The van der Waals surface area contributed by atoms with E-state index in [1.165, 1.54) is 36.7 Å². The minimum Gasteiger partial charge on any atom is -0.478 e. The summed E-state index contributed by atoms with van der Waals surface area (Å²) in [5.74, 6) is -0.815. The van der Waals surface area contributed by atoms with Gasteiger partial charge in [0.05, 0.1) is 10.5 Å². The van der Waals surface area contributed by atoms with Gasteiger partial charge in [0, 0.05) is 18.0 Å². The van der Waals surface area contributed by atoms with Crippen LogP contribution in [0.5, 0.6) is 0 Å². The van der Waals surface area contributed by atoms with Crippen molar-refractivity contribution >= 4 is 16.0 Å². The molecule has 7 heteroatoms. The Hall–Kier alpha value is -2.93. The van der Waals surface area contributed by atoms with Gasteiger partial charge in [-0.25, -0.2) is 22.2 Å². The molecule has 2 aromatic carbocycles. The second kappa shape index (κ2) is 5.93. The smallest absolute Gasteiger partial charge is 0.335 e. The van der Waals surface area contributed by atoms with E-state index in [4.69, 9.17) is 5.11 Å². The maximum Gasteiger partial charge on any atom is 0.335 e. The zero-order valence-corrected chi connectivity index (χ0v) is 13.6. The van der Waals surface area contributed by atoms with Crippen LogP contribution in [0.4, 0.5) is 0 Å². The van der Waals surface area contributed by atoms with Crippen LogP contribution in [0.3, 0.4) is 0 Å². The quantitative estimate of drug-likeness (QED) is 0.787. The number of carboxylic acid groups (broad SMARTS) is 1. The molecular formula is C17H14N2O4S. The molecule has 122 valence electrons. The number of hydrogen-bond donors (Lipinski definition) is 1. The number of carboxylic acids is 1. The Morgan fingerprint density at radius 1 is 1.04 bits per heavy atom. The maximum atomic E-state index is 12.8. The standard InChI is InChI=1S/C17H14N2O4S/c1-12-2-8-15(9-3-12)24(22,23)19-11-10-18-16(19)13-4-6-14(7-5-13)17(20)21/h2-11H,1H3,(H,20,21). The third kappa shape index (κ3) is 2.81. The number of aryl methyl sites for hydroxylation is 1. The number of imidazole rings is 1. The number of aromatic nitrogens is 2. The molecule has 3 rings (SSSR count). The predicted molar refractivity (Wildman–Crippen MR) is 88.4 cm³/mol. The Bertz CT molecular complexity index is 988. The lowest BCUT2D eigenvalue weighted by Crippen LogP contribution is -2.13. The lowest BCUT2D eigenvalue weighted by Gasteiger charge is -2.10. The van der Waals surface area contributed by atoms with E-state index < -0.39 is 16.0 Å². The number of nitrogens with zero attached hydrogens (tertiary/aromatic N) is 2. The second-order valence-corrected chi connectivity index (χ2v) is 7.06. The van der Waals surface area contributed by atoms with Crippen molar-refractivity contribution < 1.29 is 18.3 Å². The molecule has 0 unspecified atom stereocenters. The van der Waals surface area contributed by atoms with Crippen LogP contribution in [0.2, 0.25) is 0 Å². The molecule has 0 saturated carbocycles. The van der Waals surface area contributed by atoms with Gasteiger partial charge in [-0.15, -0.1) is 0 Å².